The van der Waals surface area contributed by atoms with Crippen LogP contribution in [-0.4, -0.2) is 26.5 Å². The molecule has 0 unspecified atom stereocenters. The number of hydrogen-bond donors (Lipinski definition) is 1. The van der Waals surface area contributed by atoms with Crippen LogP contribution >= 0.6 is 23.2 Å². The number of nitrogens with zero attached hydrogens (tertiary/aromatic N) is 4. The highest BCUT2D eigenvalue weighted by molar-refractivity contribution is 6.37. The third-order valence-corrected chi connectivity index (χ3v) is 2.60. The molecule has 0 fully saturated rings. The van der Waals surface area contributed by atoms with Crippen molar-refractivity contribution in [1.29, 1.82) is 0 Å². The van der Waals surface area contributed by atoms with Crippen LogP contribution in [0.5, 0.6) is 0 Å². The Hall–Kier alpha value is -1.92. The summed E-state index contributed by atoms with van der Waals surface area (Å²) in [6, 6.07) is 5.06. The van der Waals surface area contributed by atoms with Gasteiger partial charge < -0.3 is 5.11 Å². The lowest BCUT2D eigenvalue weighted by molar-refractivity contribution is -0.211. The van der Waals surface area contributed by atoms with E-state index in [1.807, 2.05) is 0 Å². The van der Waals surface area contributed by atoms with Crippen molar-refractivity contribution < 1.29 is 5.11 Å². The molecule has 0 radical (unpaired) electrons. The van der Waals surface area contributed by atoms with Gasteiger partial charge in [0.25, 0.3) is 5.95 Å². The van der Waals surface area contributed by atoms with E-state index in [-0.39, 0.29) is 5.95 Å². The molecule has 6 nitrogen and oxygen atoms in total. The molecule has 1 aromatic carbocycles. The summed E-state index contributed by atoms with van der Waals surface area (Å²) in [6.45, 7) is 0. The van der Waals surface area contributed by atoms with Crippen LogP contribution in [0.1, 0.15) is 5.56 Å². The molecule has 0 aliphatic carbocycles. The van der Waals surface area contributed by atoms with Crippen LogP contribution in [0.3, 0.4) is 0 Å². The van der Waals surface area contributed by atoms with Gasteiger partial charge in [0.15, 0.2) is 0 Å². The number of tetrazole rings is 1. The van der Waals surface area contributed by atoms with Gasteiger partial charge >= 0.3 is 0 Å². The van der Waals surface area contributed by atoms with Crippen molar-refractivity contribution in [3.05, 3.63) is 39.9 Å². The van der Waals surface area contributed by atoms with E-state index in [4.69, 9.17) is 23.2 Å². The first-order chi connectivity index (χ1) is 8.66. The van der Waals surface area contributed by atoms with Crippen LogP contribution in [-0.2, 0) is 0 Å². The maximum absolute atomic E-state index is 11.4. The van der Waals surface area contributed by atoms with Crippen molar-refractivity contribution in [3.63, 3.8) is 0 Å². The highest BCUT2D eigenvalue weighted by Crippen LogP contribution is 2.25. The lowest BCUT2D eigenvalue weighted by atomic mass is 10.2. The lowest BCUT2D eigenvalue weighted by Gasteiger charge is -2.04. The van der Waals surface area contributed by atoms with E-state index in [9.17, 15) is 5.11 Å². The van der Waals surface area contributed by atoms with E-state index in [2.05, 4.69) is 25.6 Å². The third-order valence-electron chi connectivity index (χ3n) is 1.94. The zero-order valence-corrected chi connectivity index (χ0v) is 10.4. The number of hydrogen-bond acceptors (Lipinski definition) is 5. The normalized spacial score (nSPS) is 12.2. The largest absolute Gasteiger partial charge is 0.859 e. The van der Waals surface area contributed by atoms with Crippen LogP contribution in [0.4, 0.5) is 5.95 Å². The van der Waals surface area contributed by atoms with Gasteiger partial charge in [-0.15, -0.1) is 5.10 Å². The molecule has 8 heteroatoms. The number of rotatable bonds is 3. The van der Waals surface area contributed by atoms with Crippen molar-refractivity contribution in [1.82, 2.24) is 20.6 Å². The summed E-state index contributed by atoms with van der Waals surface area (Å²) in [5.74, 6) is -0.567. The van der Waals surface area contributed by atoms with Crippen LogP contribution in [0, 0.1) is 0 Å². The van der Waals surface area contributed by atoms with E-state index < -0.39 is 5.90 Å². The Morgan fingerprint density at radius 2 is 2.06 bits per heavy atom. The maximum atomic E-state index is 11.4. The highest BCUT2D eigenvalue weighted by Gasteiger charge is 2.00. The second-order valence-electron chi connectivity index (χ2n) is 3.13. The van der Waals surface area contributed by atoms with Crippen molar-refractivity contribution in [3.8, 4) is 0 Å². The molecule has 18 heavy (non-hydrogen) atoms. The second kappa shape index (κ2) is 5.61. The molecule has 2 aromatic rings. The van der Waals surface area contributed by atoms with Gasteiger partial charge in [-0.05, 0) is 23.2 Å². The Labute approximate surface area is 112 Å². The molecule has 0 saturated heterocycles. The Bertz CT molecular complexity index is 574. The number of benzene rings is 1. The first kappa shape index (κ1) is 12.5. The lowest BCUT2D eigenvalue weighted by Crippen LogP contribution is -2.13. The summed E-state index contributed by atoms with van der Waals surface area (Å²) >= 11 is 11.9. The minimum Gasteiger partial charge on any atom is -0.859 e. The first-order valence-electron chi connectivity index (χ1n) is 4.78. The predicted molar refractivity (Wildman–Crippen MR) is 66.8 cm³/mol. The standard InChI is InChI=1S/C10H7Cl2N5O/c11-7-2-1-3-8(12)6(7)4-5-9(18)13-10-14-16-17-15-10/h1-5H,(H2,13,14,15,16,17,18)/p-1. The van der Waals surface area contributed by atoms with E-state index in [1.54, 1.807) is 18.2 Å². The predicted octanol–water partition coefficient (Wildman–Crippen LogP) is 1.61. The van der Waals surface area contributed by atoms with E-state index in [0.29, 0.717) is 15.6 Å². The van der Waals surface area contributed by atoms with Crippen molar-refractivity contribution in [2.24, 2.45) is 4.99 Å². The van der Waals surface area contributed by atoms with Gasteiger partial charge in [0, 0.05) is 15.6 Å². The molecular weight excluding hydrogens is 277 g/mol. The first-order valence-corrected chi connectivity index (χ1v) is 5.53. The van der Waals surface area contributed by atoms with Gasteiger partial charge in [-0.25, -0.2) is 4.99 Å². The molecule has 0 atom stereocenters. The molecule has 2 rings (SSSR count). The van der Waals surface area contributed by atoms with Crippen molar-refractivity contribution in [2.75, 3.05) is 0 Å². The molecule has 1 aromatic heterocycles. The molecule has 0 bridgehead atoms. The molecule has 0 aliphatic heterocycles. The molecule has 1 heterocycles. The van der Waals surface area contributed by atoms with Gasteiger partial charge in [0.1, 0.15) is 0 Å². The monoisotopic (exact) mass is 282 g/mol. The van der Waals surface area contributed by atoms with Gasteiger partial charge in [0.2, 0.25) is 0 Å². The minimum absolute atomic E-state index is 0.0325. The van der Waals surface area contributed by atoms with E-state index in [0.717, 1.165) is 0 Å². The van der Waals surface area contributed by atoms with Crippen LogP contribution in [0.25, 0.3) is 6.08 Å². The Morgan fingerprint density at radius 1 is 1.33 bits per heavy atom. The number of aliphatic imine (C=N–C) groups is 1. The number of halogens is 2. The van der Waals surface area contributed by atoms with Crippen molar-refractivity contribution >= 4 is 41.1 Å². The van der Waals surface area contributed by atoms with Gasteiger partial charge in [-0.3, -0.25) is 0 Å². The average Bonchev–Trinajstić information content (AvgIpc) is 2.81. The summed E-state index contributed by atoms with van der Waals surface area (Å²) in [7, 11) is 0. The van der Waals surface area contributed by atoms with E-state index in [1.165, 1.54) is 12.2 Å². The Balaban J connectivity index is 2.21. The number of H-pyrrole nitrogens is 1. The van der Waals surface area contributed by atoms with Crippen LogP contribution < -0.4 is 5.11 Å². The maximum Gasteiger partial charge on any atom is 0.288 e. The molecule has 0 spiro atoms. The Kier molecular flexibility index (Phi) is 3.91. The molecule has 1 N–H and O–H groups in total. The third kappa shape index (κ3) is 3.06. The fourth-order valence-electron chi connectivity index (χ4n) is 1.16. The fraction of sp³-hybridized carbons (Fsp3) is 0. The highest BCUT2D eigenvalue weighted by atomic mass is 35.5. The molecule has 92 valence electrons. The molecule has 0 amide bonds. The summed E-state index contributed by atoms with van der Waals surface area (Å²) in [5, 5.41) is 24.9. The SMILES string of the molecule is [O-]C(C=Cc1c(Cl)cccc1Cl)=Nc1nn[nH]n1. The number of aromatic amines is 1. The van der Waals surface area contributed by atoms with Crippen LogP contribution in [0.15, 0.2) is 29.3 Å². The average molecular weight is 283 g/mol. The zero-order chi connectivity index (χ0) is 13.0. The Morgan fingerprint density at radius 3 is 2.67 bits per heavy atom. The summed E-state index contributed by atoms with van der Waals surface area (Å²) < 4.78 is 0. The summed E-state index contributed by atoms with van der Waals surface area (Å²) in [6.07, 6.45) is 2.71. The number of aromatic nitrogens is 4. The van der Waals surface area contributed by atoms with Gasteiger partial charge in [-0.2, -0.15) is 5.21 Å². The van der Waals surface area contributed by atoms with Crippen LogP contribution in [0.2, 0.25) is 10.0 Å². The fourth-order valence-corrected chi connectivity index (χ4v) is 1.69. The topological polar surface area (TPSA) is 89.9 Å². The summed E-state index contributed by atoms with van der Waals surface area (Å²) in [4.78, 5) is 3.57. The molecular formula is C10H6Cl2N5O-. The quantitative estimate of drug-likeness (QED) is 0.684. The smallest absolute Gasteiger partial charge is 0.288 e. The molecule has 0 aliphatic rings. The van der Waals surface area contributed by atoms with Gasteiger partial charge in [-0.1, -0.05) is 46.5 Å². The van der Waals surface area contributed by atoms with Crippen molar-refractivity contribution in [2.45, 2.75) is 0 Å². The van der Waals surface area contributed by atoms with E-state index >= 15 is 0 Å². The minimum atomic E-state index is -0.535. The number of nitrogens with one attached hydrogen (secondary N) is 1. The zero-order valence-electron chi connectivity index (χ0n) is 8.84. The van der Waals surface area contributed by atoms with Gasteiger partial charge in [0.05, 0.1) is 0 Å². The molecule has 0 saturated carbocycles. The summed E-state index contributed by atoms with van der Waals surface area (Å²) in [5.41, 5.74) is 0.553. The second-order valence-corrected chi connectivity index (χ2v) is 3.94.